The third kappa shape index (κ3) is 2.88. The highest BCUT2D eigenvalue weighted by molar-refractivity contribution is 5.89. The van der Waals surface area contributed by atoms with Crippen molar-refractivity contribution in [3.63, 3.8) is 0 Å². The molecule has 1 N–H and O–H groups in total. The molecule has 4 nitrogen and oxygen atoms in total. The van der Waals surface area contributed by atoms with E-state index in [0.29, 0.717) is 25.2 Å². The first kappa shape index (κ1) is 10.8. The molecular formula is C10H15NO3. The lowest BCUT2D eigenvalue weighted by Gasteiger charge is -2.13. The highest BCUT2D eigenvalue weighted by Crippen LogP contribution is 2.13. The van der Waals surface area contributed by atoms with Crippen molar-refractivity contribution in [1.82, 2.24) is 5.32 Å². The third-order valence-corrected chi connectivity index (χ3v) is 1.96. The van der Waals surface area contributed by atoms with Crippen LogP contribution in [0.3, 0.4) is 0 Å². The van der Waals surface area contributed by atoms with Gasteiger partial charge in [0.05, 0.1) is 12.2 Å². The summed E-state index contributed by atoms with van der Waals surface area (Å²) in [5.74, 6) is -0.267. The van der Waals surface area contributed by atoms with Gasteiger partial charge in [-0.1, -0.05) is 6.08 Å². The van der Waals surface area contributed by atoms with E-state index in [1.54, 1.807) is 7.11 Å². The number of ether oxygens (including phenoxy) is 2. The molecule has 0 amide bonds. The number of nitrogens with one attached hydrogen (secondary N) is 1. The van der Waals surface area contributed by atoms with Crippen LogP contribution in [-0.2, 0) is 14.3 Å². The van der Waals surface area contributed by atoms with Crippen molar-refractivity contribution in [2.75, 3.05) is 20.3 Å². The molecule has 0 fully saturated rings. The second kappa shape index (κ2) is 5.44. The lowest BCUT2D eigenvalue weighted by molar-refractivity contribution is -0.140. The number of carbonyl (C=O) groups excluding carboxylic acids is 1. The van der Waals surface area contributed by atoms with Crippen LogP contribution in [0.1, 0.15) is 13.3 Å². The normalized spacial score (nSPS) is 15.3. The molecule has 0 unspecified atom stereocenters. The first-order chi connectivity index (χ1) is 6.75. The van der Waals surface area contributed by atoms with Crippen LogP contribution in [0.15, 0.2) is 23.5 Å². The average molecular weight is 197 g/mol. The van der Waals surface area contributed by atoms with Gasteiger partial charge in [0.2, 0.25) is 0 Å². The van der Waals surface area contributed by atoms with E-state index < -0.39 is 0 Å². The number of hydrogen-bond acceptors (Lipinski definition) is 4. The first-order valence-corrected chi connectivity index (χ1v) is 4.53. The quantitative estimate of drug-likeness (QED) is 0.538. The van der Waals surface area contributed by atoms with E-state index >= 15 is 0 Å². The molecule has 0 saturated heterocycles. The Hall–Kier alpha value is -1.29. The van der Waals surface area contributed by atoms with Gasteiger partial charge >= 0.3 is 5.97 Å². The Kier molecular flexibility index (Phi) is 4.19. The molecule has 14 heavy (non-hydrogen) atoms. The fourth-order valence-electron chi connectivity index (χ4n) is 1.14. The zero-order valence-electron chi connectivity index (χ0n) is 8.50. The second-order valence-electron chi connectivity index (χ2n) is 2.98. The molecule has 0 aromatic heterocycles. The number of dihydropyridines is 1. The molecule has 0 saturated carbocycles. The van der Waals surface area contributed by atoms with Crippen molar-refractivity contribution in [2.24, 2.45) is 0 Å². The predicted octanol–water partition coefficient (Wildman–Crippen LogP) is 0.957. The predicted molar refractivity (Wildman–Crippen MR) is 52.4 cm³/mol. The minimum Gasteiger partial charge on any atom is -0.460 e. The van der Waals surface area contributed by atoms with E-state index in [2.05, 4.69) is 5.32 Å². The fraction of sp³-hybridized carbons (Fsp3) is 0.500. The average Bonchev–Trinajstić information content (AvgIpc) is 2.18. The lowest BCUT2D eigenvalue weighted by Crippen LogP contribution is -2.18. The summed E-state index contributed by atoms with van der Waals surface area (Å²) in [7, 11) is 1.57. The van der Waals surface area contributed by atoms with E-state index in [1.807, 2.05) is 19.2 Å². The standard InChI is InChI=1S/C10H15NO3/c1-8-9(4-3-5-11-8)10(12)14-7-6-13-2/h3,5,11H,4,6-7H2,1-2H3. The van der Waals surface area contributed by atoms with Gasteiger partial charge in [-0.3, -0.25) is 0 Å². The number of carbonyl (C=O) groups is 1. The van der Waals surface area contributed by atoms with Crippen molar-refractivity contribution < 1.29 is 14.3 Å². The molecule has 1 aliphatic heterocycles. The van der Waals surface area contributed by atoms with Gasteiger partial charge in [0, 0.05) is 19.2 Å². The minimum atomic E-state index is -0.267. The smallest absolute Gasteiger partial charge is 0.336 e. The number of rotatable bonds is 4. The topological polar surface area (TPSA) is 47.6 Å². The van der Waals surface area contributed by atoms with Gasteiger partial charge in [-0.05, 0) is 13.1 Å². The van der Waals surface area contributed by atoms with Gasteiger partial charge < -0.3 is 14.8 Å². The first-order valence-electron chi connectivity index (χ1n) is 4.53. The molecule has 0 bridgehead atoms. The van der Waals surface area contributed by atoms with Crippen LogP contribution in [0.4, 0.5) is 0 Å². The molecule has 0 radical (unpaired) electrons. The van der Waals surface area contributed by atoms with Gasteiger partial charge in [0.25, 0.3) is 0 Å². The van der Waals surface area contributed by atoms with Crippen LogP contribution in [0.25, 0.3) is 0 Å². The number of methoxy groups -OCH3 is 1. The summed E-state index contributed by atoms with van der Waals surface area (Å²) in [6, 6.07) is 0. The second-order valence-corrected chi connectivity index (χ2v) is 2.98. The summed E-state index contributed by atoms with van der Waals surface area (Å²) < 4.78 is 9.78. The van der Waals surface area contributed by atoms with Crippen LogP contribution >= 0.6 is 0 Å². The fourth-order valence-corrected chi connectivity index (χ4v) is 1.14. The van der Waals surface area contributed by atoms with Crippen LogP contribution in [0, 0.1) is 0 Å². The molecule has 0 atom stereocenters. The molecule has 78 valence electrons. The summed E-state index contributed by atoms with van der Waals surface area (Å²) in [6.07, 6.45) is 4.34. The zero-order chi connectivity index (χ0) is 10.4. The molecule has 0 aromatic rings. The van der Waals surface area contributed by atoms with Crippen LogP contribution in [0.2, 0.25) is 0 Å². The van der Waals surface area contributed by atoms with Gasteiger partial charge in [0.15, 0.2) is 0 Å². The Balaban J connectivity index is 2.43. The van der Waals surface area contributed by atoms with Crippen molar-refractivity contribution in [3.05, 3.63) is 23.5 Å². The summed E-state index contributed by atoms with van der Waals surface area (Å²) >= 11 is 0. The largest absolute Gasteiger partial charge is 0.460 e. The van der Waals surface area contributed by atoms with E-state index in [4.69, 9.17) is 9.47 Å². The molecule has 1 heterocycles. The van der Waals surface area contributed by atoms with Crippen molar-refractivity contribution in [3.8, 4) is 0 Å². The molecule has 0 aromatic carbocycles. The van der Waals surface area contributed by atoms with Crippen molar-refractivity contribution in [1.29, 1.82) is 0 Å². The van der Waals surface area contributed by atoms with Gasteiger partial charge in [-0.15, -0.1) is 0 Å². The SMILES string of the molecule is COCCOC(=O)C1=C(C)NC=CC1. The summed E-state index contributed by atoms with van der Waals surface area (Å²) in [5.41, 5.74) is 1.54. The molecule has 4 heteroatoms. The van der Waals surface area contributed by atoms with Crippen LogP contribution in [-0.4, -0.2) is 26.3 Å². The Labute approximate surface area is 83.6 Å². The van der Waals surface area contributed by atoms with E-state index in [9.17, 15) is 4.79 Å². The maximum atomic E-state index is 11.5. The van der Waals surface area contributed by atoms with Crippen molar-refractivity contribution >= 4 is 5.97 Å². The number of hydrogen-bond donors (Lipinski definition) is 1. The monoisotopic (exact) mass is 197 g/mol. The molecule has 0 spiro atoms. The van der Waals surface area contributed by atoms with Gasteiger partial charge in [0.1, 0.15) is 6.61 Å². The molecule has 1 aliphatic rings. The summed E-state index contributed by atoms with van der Waals surface area (Å²) in [6.45, 7) is 2.59. The third-order valence-electron chi connectivity index (χ3n) is 1.96. The Morgan fingerprint density at radius 2 is 2.36 bits per heavy atom. The van der Waals surface area contributed by atoms with Gasteiger partial charge in [-0.2, -0.15) is 0 Å². The Bertz CT molecular complexity index is 269. The van der Waals surface area contributed by atoms with Gasteiger partial charge in [-0.25, -0.2) is 4.79 Å². The Morgan fingerprint density at radius 1 is 1.57 bits per heavy atom. The maximum Gasteiger partial charge on any atom is 0.336 e. The van der Waals surface area contributed by atoms with E-state index in [1.165, 1.54) is 0 Å². The number of esters is 1. The number of allylic oxidation sites excluding steroid dienone is 2. The summed E-state index contributed by atoms with van der Waals surface area (Å²) in [5, 5.41) is 2.97. The highest BCUT2D eigenvalue weighted by Gasteiger charge is 2.14. The van der Waals surface area contributed by atoms with Crippen LogP contribution in [0.5, 0.6) is 0 Å². The molecule has 0 aliphatic carbocycles. The van der Waals surface area contributed by atoms with Crippen molar-refractivity contribution in [2.45, 2.75) is 13.3 Å². The molecular weight excluding hydrogens is 182 g/mol. The molecule has 1 rings (SSSR count). The van der Waals surface area contributed by atoms with E-state index in [-0.39, 0.29) is 5.97 Å². The van der Waals surface area contributed by atoms with Crippen LogP contribution < -0.4 is 5.32 Å². The Morgan fingerprint density at radius 3 is 3.00 bits per heavy atom. The lowest BCUT2D eigenvalue weighted by atomic mass is 10.1. The minimum absolute atomic E-state index is 0.267. The maximum absolute atomic E-state index is 11.5. The summed E-state index contributed by atoms with van der Waals surface area (Å²) in [4.78, 5) is 11.5. The zero-order valence-corrected chi connectivity index (χ0v) is 8.50. The highest BCUT2D eigenvalue weighted by atomic mass is 16.6. The van der Waals surface area contributed by atoms with E-state index in [0.717, 1.165) is 5.70 Å².